The molecule has 0 bridgehead atoms. The maximum Gasteiger partial charge on any atom is 0.217 e. The van der Waals surface area contributed by atoms with Crippen molar-refractivity contribution in [2.24, 2.45) is 0 Å². The molecule has 2 rings (SSSR count). The molecule has 0 fully saturated rings. The van der Waals surface area contributed by atoms with Crippen molar-refractivity contribution < 1.29 is 9.21 Å². The summed E-state index contributed by atoms with van der Waals surface area (Å²) in [5.41, 5.74) is 1.47. The number of nitrogens with zero attached hydrogens (tertiary/aromatic N) is 1. The molecule has 0 aliphatic heterocycles. The summed E-state index contributed by atoms with van der Waals surface area (Å²) in [4.78, 5) is 10.3. The zero-order valence-corrected chi connectivity index (χ0v) is 7.67. The van der Waals surface area contributed by atoms with Gasteiger partial charge < -0.3 is 4.42 Å². The van der Waals surface area contributed by atoms with E-state index in [-0.39, 0.29) is 0 Å². The molecule has 0 aromatic carbocycles. The minimum Gasteiger partial charge on any atom is -0.444 e. The molecule has 0 radical (unpaired) electrons. The van der Waals surface area contributed by atoms with Gasteiger partial charge in [0, 0.05) is 12.0 Å². The standard InChI is InChI=1S/C10H10N2O2/c11-5-8-7-3-1-2-4-9(7)14-10(8)12-6-13/h6H,1-4H2,(H,12,13). The maximum absolute atomic E-state index is 10.3. The van der Waals surface area contributed by atoms with E-state index in [9.17, 15) is 4.79 Å². The zero-order chi connectivity index (χ0) is 9.97. The topological polar surface area (TPSA) is 66.0 Å². The van der Waals surface area contributed by atoms with Gasteiger partial charge in [-0.2, -0.15) is 5.26 Å². The van der Waals surface area contributed by atoms with Crippen LogP contribution in [0.3, 0.4) is 0 Å². The quantitative estimate of drug-likeness (QED) is 0.720. The lowest BCUT2D eigenvalue weighted by Gasteiger charge is -2.07. The van der Waals surface area contributed by atoms with Crippen LogP contribution in [0.5, 0.6) is 0 Å². The molecular weight excluding hydrogens is 180 g/mol. The Bertz CT molecular complexity index is 401. The second kappa shape index (κ2) is 3.54. The van der Waals surface area contributed by atoms with Gasteiger partial charge in [-0.15, -0.1) is 0 Å². The summed E-state index contributed by atoms with van der Waals surface area (Å²) in [5.74, 6) is 1.16. The van der Waals surface area contributed by atoms with E-state index in [4.69, 9.17) is 9.68 Å². The van der Waals surface area contributed by atoms with Gasteiger partial charge in [0.05, 0.1) is 0 Å². The number of hydrogen-bond acceptors (Lipinski definition) is 3. The lowest BCUT2D eigenvalue weighted by Crippen LogP contribution is -2.00. The van der Waals surface area contributed by atoms with E-state index in [0.717, 1.165) is 37.0 Å². The summed E-state index contributed by atoms with van der Waals surface area (Å²) in [6.45, 7) is 0. The van der Waals surface area contributed by atoms with Gasteiger partial charge in [0.15, 0.2) is 0 Å². The van der Waals surface area contributed by atoms with Crippen molar-refractivity contribution in [2.75, 3.05) is 5.32 Å². The Morgan fingerprint density at radius 2 is 2.21 bits per heavy atom. The van der Waals surface area contributed by atoms with Gasteiger partial charge in [0.25, 0.3) is 0 Å². The first kappa shape index (κ1) is 8.82. The Kier molecular flexibility index (Phi) is 2.23. The lowest BCUT2D eigenvalue weighted by atomic mass is 9.96. The number of aryl methyl sites for hydroxylation is 1. The lowest BCUT2D eigenvalue weighted by molar-refractivity contribution is -0.105. The van der Waals surface area contributed by atoms with Gasteiger partial charge in [-0.25, -0.2) is 0 Å². The Labute approximate surface area is 81.5 Å². The second-order valence-corrected chi connectivity index (χ2v) is 3.29. The van der Waals surface area contributed by atoms with Crippen molar-refractivity contribution in [3.63, 3.8) is 0 Å². The maximum atomic E-state index is 10.3. The normalized spacial score (nSPS) is 14.2. The highest BCUT2D eigenvalue weighted by atomic mass is 16.4. The van der Waals surface area contributed by atoms with E-state index in [1.54, 1.807) is 0 Å². The fourth-order valence-corrected chi connectivity index (χ4v) is 1.84. The van der Waals surface area contributed by atoms with E-state index in [1.165, 1.54) is 0 Å². The van der Waals surface area contributed by atoms with Crippen LogP contribution < -0.4 is 5.32 Å². The number of hydrogen-bond donors (Lipinski definition) is 1. The number of amides is 1. The largest absolute Gasteiger partial charge is 0.444 e. The average Bonchev–Trinajstić information content (AvgIpc) is 2.55. The van der Waals surface area contributed by atoms with Gasteiger partial charge in [-0.1, -0.05) is 0 Å². The summed E-state index contributed by atoms with van der Waals surface area (Å²) in [6, 6.07) is 2.07. The number of anilines is 1. The minimum atomic E-state index is 0.300. The number of nitrogens with one attached hydrogen (secondary N) is 1. The summed E-state index contributed by atoms with van der Waals surface area (Å²) in [5, 5.41) is 11.3. The molecule has 14 heavy (non-hydrogen) atoms. The van der Waals surface area contributed by atoms with E-state index >= 15 is 0 Å². The predicted octanol–water partition coefficient (Wildman–Crippen LogP) is 1.60. The molecule has 1 aliphatic carbocycles. The van der Waals surface area contributed by atoms with E-state index < -0.39 is 0 Å². The highest BCUT2D eigenvalue weighted by molar-refractivity contribution is 5.73. The predicted molar refractivity (Wildman–Crippen MR) is 49.8 cm³/mol. The van der Waals surface area contributed by atoms with Crippen molar-refractivity contribution >= 4 is 12.3 Å². The van der Waals surface area contributed by atoms with Crippen LogP contribution in [0.2, 0.25) is 0 Å². The number of fused-ring (bicyclic) bond motifs is 1. The van der Waals surface area contributed by atoms with Crippen LogP contribution in [-0.4, -0.2) is 6.41 Å². The monoisotopic (exact) mass is 190 g/mol. The average molecular weight is 190 g/mol. The molecule has 72 valence electrons. The molecule has 0 saturated heterocycles. The first-order valence-electron chi connectivity index (χ1n) is 4.61. The number of furan rings is 1. The molecular formula is C10H10N2O2. The number of rotatable bonds is 2. The molecule has 4 nitrogen and oxygen atoms in total. The fraction of sp³-hybridized carbons (Fsp3) is 0.400. The number of carbonyl (C=O) groups is 1. The van der Waals surface area contributed by atoms with Crippen LogP contribution in [0, 0.1) is 11.3 Å². The Balaban J connectivity index is 2.47. The molecule has 1 aromatic rings. The molecule has 0 spiro atoms. The molecule has 1 aromatic heterocycles. The Morgan fingerprint density at radius 1 is 1.43 bits per heavy atom. The highest BCUT2D eigenvalue weighted by Gasteiger charge is 2.22. The van der Waals surface area contributed by atoms with Crippen molar-refractivity contribution in [1.29, 1.82) is 5.26 Å². The van der Waals surface area contributed by atoms with Crippen molar-refractivity contribution in [1.82, 2.24) is 0 Å². The summed E-state index contributed by atoms with van der Waals surface area (Å²) < 4.78 is 5.40. The van der Waals surface area contributed by atoms with Crippen molar-refractivity contribution in [3.05, 3.63) is 16.9 Å². The molecule has 1 amide bonds. The third-order valence-corrected chi connectivity index (χ3v) is 2.47. The highest BCUT2D eigenvalue weighted by Crippen LogP contribution is 2.32. The molecule has 1 N–H and O–H groups in total. The van der Waals surface area contributed by atoms with E-state index in [0.29, 0.717) is 17.9 Å². The van der Waals surface area contributed by atoms with Gasteiger partial charge in [0.1, 0.15) is 17.4 Å². The molecule has 0 atom stereocenters. The number of carbonyl (C=O) groups excluding carboxylic acids is 1. The van der Waals surface area contributed by atoms with Crippen molar-refractivity contribution in [2.45, 2.75) is 25.7 Å². The zero-order valence-electron chi connectivity index (χ0n) is 7.67. The van der Waals surface area contributed by atoms with Gasteiger partial charge in [-0.3, -0.25) is 10.1 Å². The third kappa shape index (κ3) is 1.27. The van der Waals surface area contributed by atoms with Crippen LogP contribution in [0.25, 0.3) is 0 Å². The molecule has 0 unspecified atom stereocenters. The van der Waals surface area contributed by atoms with Crippen LogP contribution in [-0.2, 0) is 17.6 Å². The Morgan fingerprint density at radius 3 is 2.93 bits per heavy atom. The Hall–Kier alpha value is -1.76. The fourth-order valence-electron chi connectivity index (χ4n) is 1.84. The van der Waals surface area contributed by atoms with Crippen LogP contribution in [0.4, 0.5) is 5.88 Å². The first-order chi connectivity index (χ1) is 6.86. The second-order valence-electron chi connectivity index (χ2n) is 3.29. The molecule has 1 aliphatic rings. The van der Waals surface area contributed by atoms with E-state index in [1.807, 2.05) is 0 Å². The van der Waals surface area contributed by atoms with Gasteiger partial charge in [0.2, 0.25) is 12.3 Å². The SMILES string of the molecule is N#Cc1c(NC=O)oc2c1CCCC2. The first-order valence-corrected chi connectivity index (χ1v) is 4.61. The van der Waals surface area contributed by atoms with Crippen molar-refractivity contribution in [3.8, 4) is 6.07 Å². The molecule has 4 heteroatoms. The van der Waals surface area contributed by atoms with E-state index in [2.05, 4.69) is 11.4 Å². The van der Waals surface area contributed by atoms with Crippen LogP contribution in [0.1, 0.15) is 29.7 Å². The minimum absolute atomic E-state index is 0.300. The summed E-state index contributed by atoms with van der Waals surface area (Å²) in [6.07, 6.45) is 4.45. The summed E-state index contributed by atoms with van der Waals surface area (Å²) >= 11 is 0. The number of nitriles is 1. The van der Waals surface area contributed by atoms with Gasteiger partial charge in [-0.05, 0) is 19.3 Å². The third-order valence-electron chi connectivity index (χ3n) is 2.47. The summed E-state index contributed by atoms with van der Waals surface area (Å²) in [7, 11) is 0. The van der Waals surface area contributed by atoms with Gasteiger partial charge >= 0.3 is 0 Å². The van der Waals surface area contributed by atoms with Crippen LogP contribution >= 0.6 is 0 Å². The molecule has 0 saturated carbocycles. The smallest absolute Gasteiger partial charge is 0.217 e. The van der Waals surface area contributed by atoms with Crippen LogP contribution in [0.15, 0.2) is 4.42 Å². The molecule has 1 heterocycles.